The van der Waals surface area contributed by atoms with Crippen LogP contribution in [-0.2, 0) is 27.4 Å². The van der Waals surface area contributed by atoms with Crippen LogP contribution in [0.4, 0.5) is 0 Å². The van der Waals surface area contributed by atoms with E-state index < -0.39 is 12.3 Å². The average Bonchev–Trinajstić information content (AvgIpc) is 3.03. The maximum absolute atomic E-state index is 11.4. The zero-order chi connectivity index (χ0) is 29.5. The number of ether oxygens (including phenoxy) is 2. The topological polar surface area (TPSA) is 105 Å². The molecule has 8 heteroatoms. The summed E-state index contributed by atoms with van der Waals surface area (Å²) < 4.78 is 13.0. The average molecular weight is 584 g/mol. The molecule has 1 fully saturated rings. The number of aromatic carboxylic acids is 1. The Kier molecular flexibility index (Phi) is 9.71. The molecule has 0 aliphatic carbocycles. The first-order valence-electron chi connectivity index (χ1n) is 13.8. The van der Waals surface area contributed by atoms with Gasteiger partial charge in [0.05, 0.1) is 24.4 Å². The van der Waals surface area contributed by atoms with Gasteiger partial charge in [0, 0.05) is 36.1 Å². The van der Waals surface area contributed by atoms with Crippen molar-refractivity contribution in [2.24, 2.45) is 0 Å². The van der Waals surface area contributed by atoms with E-state index in [4.69, 9.17) is 9.47 Å². The van der Waals surface area contributed by atoms with Crippen LogP contribution in [0, 0.1) is 0 Å². The Morgan fingerprint density at radius 1 is 0.857 bits per heavy atom. The molecule has 1 aliphatic rings. The number of hydrogen-bond acceptors (Lipinski definition) is 6. The largest absolute Gasteiger partial charge is 0.478 e. The fourth-order valence-corrected chi connectivity index (χ4v) is 5.78. The van der Waals surface area contributed by atoms with Crippen LogP contribution in [0.1, 0.15) is 58.4 Å². The summed E-state index contributed by atoms with van der Waals surface area (Å²) in [5.74, 6) is -0.346. The Bertz CT molecular complexity index is 1520. The monoisotopic (exact) mass is 583 g/mol. The first-order chi connectivity index (χ1) is 20.4. The van der Waals surface area contributed by atoms with E-state index in [1.807, 2.05) is 72.8 Å². The van der Waals surface area contributed by atoms with Crippen molar-refractivity contribution >= 4 is 23.6 Å². The van der Waals surface area contributed by atoms with E-state index >= 15 is 0 Å². The van der Waals surface area contributed by atoms with Crippen LogP contribution >= 0.6 is 11.8 Å². The molecule has 0 saturated carbocycles. The highest BCUT2D eigenvalue weighted by Gasteiger charge is 2.32. The predicted octanol–water partition coefficient (Wildman–Crippen LogP) is 6.52. The van der Waals surface area contributed by atoms with E-state index in [1.54, 1.807) is 23.9 Å². The van der Waals surface area contributed by atoms with Crippen molar-refractivity contribution in [1.29, 1.82) is 0 Å². The number of carboxylic acids is 1. The number of amides is 1. The van der Waals surface area contributed by atoms with E-state index in [-0.39, 0.29) is 30.3 Å². The zero-order valence-corrected chi connectivity index (χ0v) is 24.1. The summed E-state index contributed by atoms with van der Waals surface area (Å²) in [6.45, 7) is 1.95. The molecule has 0 radical (unpaired) electrons. The van der Waals surface area contributed by atoms with Crippen molar-refractivity contribution in [3.05, 3.63) is 125 Å². The van der Waals surface area contributed by atoms with Crippen LogP contribution in [-0.4, -0.2) is 33.9 Å². The van der Waals surface area contributed by atoms with Gasteiger partial charge in [0.15, 0.2) is 6.29 Å². The molecule has 1 saturated heterocycles. The highest BCUT2D eigenvalue weighted by molar-refractivity contribution is 7.99. The van der Waals surface area contributed by atoms with Gasteiger partial charge in [-0.15, -0.1) is 11.8 Å². The van der Waals surface area contributed by atoms with Crippen LogP contribution in [0.15, 0.2) is 102 Å². The number of nitrogens with one attached hydrogen (secondary N) is 1. The molecule has 4 aromatic carbocycles. The number of thioether (sulfide) groups is 1. The second-order valence-electron chi connectivity index (χ2n) is 10.2. The third-order valence-corrected chi connectivity index (χ3v) is 8.26. The molecule has 1 aliphatic heterocycles. The van der Waals surface area contributed by atoms with E-state index in [1.165, 1.54) is 6.92 Å². The molecule has 0 bridgehead atoms. The minimum Gasteiger partial charge on any atom is -0.478 e. The van der Waals surface area contributed by atoms with Gasteiger partial charge in [-0.3, -0.25) is 4.79 Å². The summed E-state index contributed by atoms with van der Waals surface area (Å²) in [4.78, 5) is 23.6. The zero-order valence-electron chi connectivity index (χ0n) is 23.2. The summed E-state index contributed by atoms with van der Waals surface area (Å²) >= 11 is 1.62. The van der Waals surface area contributed by atoms with Crippen LogP contribution in [0.25, 0.3) is 11.1 Å². The molecule has 1 amide bonds. The van der Waals surface area contributed by atoms with Crippen LogP contribution < -0.4 is 5.32 Å². The molecular formula is C34H33NO6S. The van der Waals surface area contributed by atoms with Crippen LogP contribution in [0.2, 0.25) is 0 Å². The Morgan fingerprint density at radius 3 is 2.26 bits per heavy atom. The number of aliphatic hydroxyl groups excluding tert-OH is 1. The van der Waals surface area contributed by atoms with Gasteiger partial charge in [0.2, 0.25) is 5.91 Å². The van der Waals surface area contributed by atoms with Gasteiger partial charge in [0.25, 0.3) is 0 Å². The lowest BCUT2D eigenvalue weighted by Crippen LogP contribution is -2.31. The maximum Gasteiger partial charge on any atom is 0.335 e. The number of carboxylic acid groups (broad SMARTS) is 1. The minimum absolute atomic E-state index is 0.0176. The van der Waals surface area contributed by atoms with Crippen molar-refractivity contribution in [3.63, 3.8) is 0 Å². The molecule has 5 rings (SSSR count). The smallest absolute Gasteiger partial charge is 0.335 e. The highest BCUT2D eigenvalue weighted by atomic mass is 32.2. The molecule has 3 unspecified atom stereocenters. The SMILES string of the molecule is CC(=O)NCc1cccc(-c2cccc(C3OC(CSc4ccc(C(=O)O)cc4)CC(c4ccc(CO)cc4)O3)c2)c1. The summed E-state index contributed by atoms with van der Waals surface area (Å²) in [6.07, 6.45) is -0.273. The lowest BCUT2D eigenvalue weighted by atomic mass is 9.99. The molecule has 1 heterocycles. The predicted molar refractivity (Wildman–Crippen MR) is 162 cm³/mol. The second-order valence-corrected chi connectivity index (χ2v) is 11.3. The molecule has 0 spiro atoms. The van der Waals surface area contributed by atoms with Crippen molar-refractivity contribution in [3.8, 4) is 11.1 Å². The molecule has 42 heavy (non-hydrogen) atoms. The molecule has 3 atom stereocenters. The summed E-state index contributed by atoms with van der Waals surface area (Å²) in [7, 11) is 0. The number of carbonyl (C=O) groups is 2. The van der Waals surface area contributed by atoms with Gasteiger partial charge in [-0.05, 0) is 64.2 Å². The van der Waals surface area contributed by atoms with E-state index in [2.05, 4.69) is 17.4 Å². The van der Waals surface area contributed by atoms with Gasteiger partial charge in [-0.1, -0.05) is 60.7 Å². The van der Waals surface area contributed by atoms with Gasteiger partial charge in [0.1, 0.15) is 0 Å². The molecule has 216 valence electrons. The molecule has 4 aromatic rings. The van der Waals surface area contributed by atoms with Crippen molar-refractivity contribution in [2.75, 3.05) is 5.75 Å². The van der Waals surface area contributed by atoms with E-state index in [0.29, 0.717) is 18.7 Å². The number of hydrogen-bond donors (Lipinski definition) is 3. The van der Waals surface area contributed by atoms with E-state index in [0.717, 1.165) is 38.3 Å². The Morgan fingerprint density at radius 2 is 1.57 bits per heavy atom. The number of rotatable bonds is 10. The van der Waals surface area contributed by atoms with Gasteiger partial charge < -0.3 is 25.0 Å². The van der Waals surface area contributed by atoms with Gasteiger partial charge in [-0.2, -0.15) is 0 Å². The van der Waals surface area contributed by atoms with Crippen molar-refractivity contribution in [2.45, 2.75) is 49.9 Å². The van der Waals surface area contributed by atoms with Gasteiger partial charge in [-0.25, -0.2) is 4.79 Å². The summed E-state index contributed by atoms with van der Waals surface area (Å²) in [5, 5.41) is 21.5. The van der Waals surface area contributed by atoms with Crippen molar-refractivity contribution < 1.29 is 29.3 Å². The maximum atomic E-state index is 11.4. The van der Waals surface area contributed by atoms with Gasteiger partial charge >= 0.3 is 5.97 Å². The minimum atomic E-state index is -0.945. The first kappa shape index (κ1) is 29.5. The Balaban J connectivity index is 1.37. The Hall–Kier alpha value is -3.95. The van der Waals surface area contributed by atoms with E-state index in [9.17, 15) is 19.8 Å². The van der Waals surface area contributed by atoms with Crippen LogP contribution in [0.3, 0.4) is 0 Å². The van der Waals surface area contributed by atoms with Crippen molar-refractivity contribution in [1.82, 2.24) is 5.32 Å². The standard InChI is InChI=1S/C34H33NO6S/c1-22(37)35-19-24-4-2-5-27(16-24)28-6-3-7-29(17-28)34-40-30(21-42-31-14-12-26(13-15-31)33(38)39)18-32(41-34)25-10-8-23(20-36)9-11-25/h2-17,30,32,34,36H,18-21H2,1H3,(H,35,37)(H,38,39). The molecule has 0 aromatic heterocycles. The highest BCUT2D eigenvalue weighted by Crippen LogP contribution is 2.40. The fraction of sp³-hybridized carbons (Fsp3) is 0.235. The lowest BCUT2D eigenvalue weighted by Gasteiger charge is -2.36. The molecule has 3 N–H and O–H groups in total. The van der Waals surface area contributed by atoms with Crippen LogP contribution in [0.5, 0.6) is 0 Å². The summed E-state index contributed by atoms with van der Waals surface area (Å²) in [5.41, 5.74) is 6.08. The molecule has 7 nitrogen and oxygen atoms in total. The normalized spacial score (nSPS) is 18.4. The number of carbonyl (C=O) groups excluding carboxylic acids is 1. The number of aliphatic hydroxyl groups is 1. The first-order valence-corrected chi connectivity index (χ1v) is 14.8. The molecular weight excluding hydrogens is 550 g/mol. The quantitative estimate of drug-likeness (QED) is 0.183. The third kappa shape index (κ3) is 7.66. The lowest BCUT2D eigenvalue weighted by molar-refractivity contribution is -0.245. The fourth-order valence-electron chi connectivity index (χ4n) is 4.86. The summed E-state index contributed by atoms with van der Waals surface area (Å²) in [6, 6.07) is 30.9. The number of benzene rings is 4. The Labute approximate surface area is 249 Å². The third-order valence-electron chi connectivity index (χ3n) is 7.11. The second kappa shape index (κ2) is 13.8.